The van der Waals surface area contributed by atoms with E-state index in [-0.39, 0.29) is 5.97 Å². The molecule has 0 aliphatic heterocycles. The standard InChI is InChI=1S/C6H14NO3PS/c1-5(6(8)10-3)7(2)11(4,9)12/h5H,1-4H3,(H,9,12)/t5-,11?/m0/s1. The zero-order chi connectivity index (χ0) is 9.94. The minimum Gasteiger partial charge on any atom is -0.468 e. The number of hydrogen-bond donors (Lipinski definition) is 1. The van der Waals surface area contributed by atoms with Crippen LogP contribution in [0.3, 0.4) is 0 Å². The lowest BCUT2D eigenvalue weighted by Gasteiger charge is -2.27. The van der Waals surface area contributed by atoms with Gasteiger partial charge in [-0.15, -0.1) is 0 Å². The number of hydrogen-bond acceptors (Lipinski definition) is 3. The van der Waals surface area contributed by atoms with E-state index in [0.29, 0.717) is 0 Å². The van der Waals surface area contributed by atoms with Gasteiger partial charge in [-0.3, -0.25) is 4.79 Å². The second kappa shape index (κ2) is 4.33. The zero-order valence-corrected chi connectivity index (χ0v) is 9.35. The highest BCUT2D eigenvalue weighted by atomic mass is 32.4. The molecule has 1 unspecified atom stereocenters. The minimum atomic E-state index is -2.51. The van der Waals surface area contributed by atoms with E-state index >= 15 is 0 Å². The van der Waals surface area contributed by atoms with E-state index in [2.05, 4.69) is 4.74 Å². The summed E-state index contributed by atoms with van der Waals surface area (Å²) in [5.74, 6) is -0.386. The molecule has 0 aliphatic rings. The highest BCUT2D eigenvalue weighted by Crippen LogP contribution is 2.41. The van der Waals surface area contributed by atoms with Crippen LogP contribution in [0.2, 0.25) is 0 Å². The fourth-order valence-corrected chi connectivity index (χ4v) is 1.81. The molecule has 6 heteroatoms. The Balaban J connectivity index is 4.40. The van der Waals surface area contributed by atoms with Crippen LogP contribution >= 0.6 is 6.42 Å². The Hall–Kier alpha value is 0.0400. The third-order valence-corrected chi connectivity index (χ3v) is 3.98. The zero-order valence-electron chi connectivity index (χ0n) is 7.64. The summed E-state index contributed by atoms with van der Waals surface area (Å²) in [6, 6.07) is -0.490. The van der Waals surface area contributed by atoms with E-state index < -0.39 is 12.5 Å². The molecular weight excluding hydrogens is 197 g/mol. The topological polar surface area (TPSA) is 49.8 Å². The van der Waals surface area contributed by atoms with Gasteiger partial charge in [-0.25, -0.2) is 4.67 Å². The summed E-state index contributed by atoms with van der Waals surface area (Å²) in [7, 11) is 2.92. The Kier molecular flexibility index (Phi) is 4.34. The van der Waals surface area contributed by atoms with Crippen molar-refractivity contribution in [3.63, 3.8) is 0 Å². The van der Waals surface area contributed by atoms with Crippen LogP contribution in [0.15, 0.2) is 0 Å². The third-order valence-electron chi connectivity index (χ3n) is 1.69. The number of ether oxygens (including phenoxy) is 1. The average Bonchev–Trinajstić information content (AvgIpc) is 1.98. The van der Waals surface area contributed by atoms with Gasteiger partial charge in [-0.1, -0.05) is 11.8 Å². The number of carbonyl (C=O) groups excluding carboxylic acids is 1. The van der Waals surface area contributed by atoms with E-state index in [9.17, 15) is 9.69 Å². The van der Waals surface area contributed by atoms with Gasteiger partial charge in [0.1, 0.15) is 12.5 Å². The van der Waals surface area contributed by atoms with Crippen molar-refractivity contribution in [2.45, 2.75) is 13.0 Å². The van der Waals surface area contributed by atoms with Crippen molar-refractivity contribution >= 4 is 24.2 Å². The maximum Gasteiger partial charge on any atom is 0.323 e. The van der Waals surface area contributed by atoms with Gasteiger partial charge in [0.15, 0.2) is 0 Å². The first-order valence-electron chi connectivity index (χ1n) is 3.42. The molecule has 0 radical (unpaired) electrons. The first-order valence-corrected chi connectivity index (χ1v) is 6.57. The van der Waals surface area contributed by atoms with Crippen LogP contribution in [0.1, 0.15) is 6.92 Å². The molecule has 0 bridgehead atoms. The van der Waals surface area contributed by atoms with Crippen molar-refractivity contribution in [3.8, 4) is 0 Å². The van der Waals surface area contributed by atoms with Gasteiger partial charge in [0, 0.05) is 6.66 Å². The van der Waals surface area contributed by atoms with Gasteiger partial charge >= 0.3 is 5.97 Å². The molecule has 0 heterocycles. The quantitative estimate of drug-likeness (QED) is 0.541. The molecule has 0 fully saturated rings. The molecule has 0 rings (SSSR count). The van der Waals surface area contributed by atoms with Gasteiger partial charge in [-0.2, -0.15) is 0 Å². The maximum absolute atomic E-state index is 11.0. The Bertz CT molecular complexity index is 215. The van der Waals surface area contributed by atoms with Crippen LogP contribution in [0, 0.1) is 0 Å². The SMILES string of the molecule is COC(=O)[C@H](C)N(C)P(C)(O)=S. The summed E-state index contributed by atoms with van der Waals surface area (Å²) in [6.07, 6.45) is -2.51. The molecule has 0 spiro atoms. The highest BCUT2D eigenvalue weighted by molar-refractivity contribution is 8.10. The summed E-state index contributed by atoms with van der Waals surface area (Å²) in [4.78, 5) is 20.4. The summed E-state index contributed by atoms with van der Waals surface area (Å²) < 4.78 is 5.97. The number of methoxy groups -OCH3 is 1. The first kappa shape index (κ1) is 12.0. The van der Waals surface area contributed by atoms with Gasteiger partial charge < -0.3 is 9.63 Å². The van der Waals surface area contributed by atoms with Crippen molar-refractivity contribution in [3.05, 3.63) is 0 Å². The summed E-state index contributed by atoms with van der Waals surface area (Å²) >= 11 is 4.84. The lowest BCUT2D eigenvalue weighted by Crippen LogP contribution is -2.34. The highest BCUT2D eigenvalue weighted by Gasteiger charge is 2.25. The molecule has 2 atom stereocenters. The van der Waals surface area contributed by atoms with Crippen molar-refractivity contribution < 1.29 is 14.4 Å². The molecule has 0 aromatic rings. The number of likely N-dealkylation sites (N-methyl/N-ethyl adjacent to an activating group) is 1. The average molecular weight is 211 g/mol. The molecule has 0 saturated carbocycles. The Morgan fingerprint density at radius 2 is 2.17 bits per heavy atom. The summed E-state index contributed by atoms with van der Waals surface area (Å²) in [5.41, 5.74) is 0. The Morgan fingerprint density at radius 3 is 2.42 bits per heavy atom. The number of esters is 1. The van der Waals surface area contributed by atoms with Crippen molar-refractivity contribution in [1.29, 1.82) is 0 Å². The molecule has 72 valence electrons. The molecule has 1 N–H and O–H groups in total. The number of carbonyl (C=O) groups is 1. The minimum absolute atomic E-state index is 0.386. The lowest BCUT2D eigenvalue weighted by atomic mass is 10.4. The van der Waals surface area contributed by atoms with E-state index in [1.165, 1.54) is 11.8 Å². The molecule has 0 aromatic carbocycles. The van der Waals surface area contributed by atoms with Gasteiger partial charge in [0.05, 0.1) is 7.11 Å². The summed E-state index contributed by atoms with van der Waals surface area (Å²) in [6.45, 7) is 3.19. The Labute approximate surface area is 77.7 Å². The second-order valence-electron chi connectivity index (χ2n) is 2.61. The lowest BCUT2D eigenvalue weighted by molar-refractivity contribution is -0.144. The fourth-order valence-electron chi connectivity index (χ4n) is 0.644. The largest absolute Gasteiger partial charge is 0.468 e. The third kappa shape index (κ3) is 3.19. The van der Waals surface area contributed by atoms with Crippen LogP contribution in [0.4, 0.5) is 0 Å². The van der Waals surface area contributed by atoms with Crippen LogP contribution in [-0.4, -0.2) is 42.4 Å². The van der Waals surface area contributed by atoms with Crippen LogP contribution in [0.25, 0.3) is 0 Å². The first-order chi connectivity index (χ1) is 5.30. The predicted octanol–water partition coefficient (Wildman–Crippen LogP) is 0.411. The van der Waals surface area contributed by atoms with Crippen LogP contribution in [0.5, 0.6) is 0 Å². The maximum atomic E-state index is 11.0. The van der Waals surface area contributed by atoms with Crippen molar-refractivity contribution in [1.82, 2.24) is 4.67 Å². The van der Waals surface area contributed by atoms with Gasteiger partial charge in [-0.05, 0) is 14.0 Å². The molecule has 0 saturated heterocycles. The molecule has 0 aromatic heterocycles. The fraction of sp³-hybridized carbons (Fsp3) is 0.833. The Morgan fingerprint density at radius 1 is 1.75 bits per heavy atom. The molecular formula is C6H14NO3PS. The monoisotopic (exact) mass is 211 g/mol. The molecule has 0 aliphatic carbocycles. The number of nitrogens with zero attached hydrogens (tertiary/aromatic N) is 1. The van der Waals surface area contributed by atoms with E-state index in [1.807, 2.05) is 0 Å². The van der Waals surface area contributed by atoms with Gasteiger partial charge in [0.2, 0.25) is 0 Å². The van der Waals surface area contributed by atoms with E-state index in [4.69, 9.17) is 11.8 Å². The molecule has 4 nitrogen and oxygen atoms in total. The summed E-state index contributed by atoms with van der Waals surface area (Å²) in [5, 5.41) is 0. The van der Waals surface area contributed by atoms with Crippen molar-refractivity contribution in [2.75, 3.05) is 20.8 Å². The van der Waals surface area contributed by atoms with E-state index in [0.717, 1.165) is 0 Å². The normalized spacial score (nSPS) is 18.5. The molecule has 12 heavy (non-hydrogen) atoms. The van der Waals surface area contributed by atoms with Crippen LogP contribution < -0.4 is 0 Å². The number of rotatable bonds is 3. The van der Waals surface area contributed by atoms with E-state index in [1.54, 1.807) is 20.6 Å². The van der Waals surface area contributed by atoms with Crippen molar-refractivity contribution in [2.24, 2.45) is 0 Å². The van der Waals surface area contributed by atoms with Gasteiger partial charge in [0.25, 0.3) is 0 Å². The molecule has 0 amide bonds. The van der Waals surface area contributed by atoms with Crippen LogP contribution in [-0.2, 0) is 21.3 Å². The predicted molar refractivity (Wildman–Crippen MR) is 51.7 cm³/mol. The second-order valence-corrected chi connectivity index (χ2v) is 6.98. The smallest absolute Gasteiger partial charge is 0.323 e.